The second kappa shape index (κ2) is 8.93. The summed E-state index contributed by atoms with van der Waals surface area (Å²) in [6.45, 7) is 7.66. The number of ether oxygens (including phenoxy) is 1. The van der Waals surface area contributed by atoms with Crippen molar-refractivity contribution in [2.45, 2.75) is 0 Å². The second-order valence-electron chi connectivity index (χ2n) is 5.51. The SMILES string of the molecule is C=CCNC(=O)Nc1ccc(N2CCN(CC(=O)OC)CC2)cc1. The van der Waals surface area contributed by atoms with Crippen molar-refractivity contribution in [3.8, 4) is 0 Å². The van der Waals surface area contributed by atoms with Gasteiger partial charge in [-0.3, -0.25) is 9.69 Å². The van der Waals surface area contributed by atoms with Crippen molar-refractivity contribution in [1.29, 1.82) is 0 Å². The van der Waals surface area contributed by atoms with Crippen molar-refractivity contribution in [3.05, 3.63) is 36.9 Å². The van der Waals surface area contributed by atoms with Gasteiger partial charge in [0, 0.05) is 44.1 Å². The summed E-state index contributed by atoms with van der Waals surface area (Å²) in [4.78, 5) is 27.2. The Labute approximate surface area is 142 Å². The van der Waals surface area contributed by atoms with Crippen LogP contribution in [0.3, 0.4) is 0 Å². The lowest BCUT2D eigenvalue weighted by molar-refractivity contribution is -0.142. The topological polar surface area (TPSA) is 73.9 Å². The normalized spacial score (nSPS) is 14.8. The minimum atomic E-state index is -0.251. The molecule has 0 unspecified atom stereocenters. The number of benzene rings is 1. The first-order valence-electron chi connectivity index (χ1n) is 7.92. The summed E-state index contributed by atoms with van der Waals surface area (Å²) < 4.78 is 4.69. The summed E-state index contributed by atoms with van der Waals surface area (Å²) in [5.41, 5.74) is 1.84. The zero-order valence-corrected chi connectivity index (χ0v) is 14.0. The van der Waals surface area contributed by atoms with Crippen molar-refractivity contribution in [2.75, 3.05) is 56.6 Å². The van der Waals surface area contributed by atoms with Gasteiger partial charge in [0.15, 0.2) is 0 Å². The highest BCUT2D eigenvalue weighted by Gasteiger charge is 2.19. The zero-order valence-electron chi connectivity index (χ0n) is 14.0. The fourth-order valence-corrected chi connectivity index (χ4v) is 2.51. The van der Waals surface area contributed by atoms with Gasteiger partial charge in [-0.15, -0.1) is 6.58 Å². The molecule has 0 spiro atoms. The quantitative estimate of drug-likeness (QED) is 0.607. The molecule has 2 N–H and O–H groups in total. The number of esters is 1. The van der Waals surface area contributed by atoms with Crippen LogP contribution in [0.1, 0.15) is 0 Å². The molecule has 130 valence electrons. The average molecular weight is 332 g/mol. The number of hydrogen-bond donors (Lipinski definition) is 2. The summed E-state index contributed by atoms with van der Waals surface area (Å²) in [5.74, 6) is -0.200. The molecule has 1 aliphatic heterocycles. The van der Waals surface area contributed by atoms with E-state index in [1.54, 1.807) is 6.08 Å². The highest BCUT2D eigenvalue weighted by molar-refractivity contribution is 5.89. The Hall–Kier alpha value is -2.54. The largest absolute Gasteiger partial charge is 0.468 e. The Bertz CT molecular complexity index is 566. The monoisotopic (exact) mass is 332 g/mol. The van der Waals surface area contributed by atoms with Gasteiger partial charge >= 0.3 is 12.0 Å². The van der Waals surface area contributed by atoms with Gasteiger partial charge in [0.05, 0.1) is 13.7 Å². The first kappa shape index (κ1) is 17.8. The summed E-state index contributed by atoms with van der Waals surface area (Å²) in [6, 6.07) is 7.48. The van der Waals surface area contributed by atoms with E-state index in [0.717, 1.165) is 37.6 Å². The first-order chi connectivity index (χ1) is 11.6. The summed E-state index contributed by atoms with van der Waals surface area (Å²) in [5, 5.41) is 5.43. The third-order valence-corrected chi connectivity index (χ3v) is 3.85. The van der Waals surface area contributed by atoms with Crippen molar-refractivity contribution < 1.29 is 14.3 Å². The van der Waals surface area contributed by atoms with E-state index in [1.807, 2.05) is 24.3 Å². The van der Waals surface area contributed by atoms with Crippen molar-refractivity contribution in [3.63, 3.8) is 0 Å². The van der Waals surface area contributed by atoms with E-state index in [1.165, 1.54) is 7.11 Å². The molecule has 1 heterocycles. The van der Waals surface area contributed by atoms with Crippen LogP contribution in [-0.2, 0) is 9.53 Å². The van der Waals surface area contributed by atoms with Crippen molar-refractivity contribution in [2.24, 2.45) is 0 Å². The fraction of sp³-hybridized carbons (Fsp3) is 0.412. The van der Waals surface area contributed by atoms with Crippen molar-refractivity contribution >= 4 is 23.4 Å². The summed E-state index contributed by atoms with van der Waals surface area (Å²) in [7, 11) is 1.41. The molecule has 2 amide bonds. The van der Waals surface area contributed by atoms with Crippen LogP contribution in [0.2, 0.25) is 0 Å². The highest BCUT2D eigenvalue weighted by Crippen LogP contribution is 2.19. The van der Waals surface area contributed by atoms with Gasteiger partial charge in [-0.2, -0.15) is 0 Å². The molecule has 1 saturated heterocycles. The fourth-order valence-electron chi connectivity index (χ4n) is 2.51. The third-order valence-electron chi connectivity index (χ3n) is 3.85. The van der Waals surface area contributed by atoms with Crippen LogP contribution < -0.4 is 15.5 Å². The Morgan fingerprint density at radius 1 is 1.21 bits per heavy atom. The van der Waals surface area contributed by atoms with E-state index in [0.29, 0.717) is 13.1 Å². The number of nitrogens with one attached hydrogen (secondary N) is 2. The molecule has 24 heavy (non-hydrogen) atoms. The van der Waals surface area contributed by atoms with Gasteiger partial charge in [-0.05, 0) is 24.3 Å². The minimum Gasteiger partial charge on any atom is -0.468 e. The van der Waals surface area contributed by atoms with Crippen molar-refractivity contribution in [1.82, 2.24) is 10.2 Å². The smallest absolute Gasteiger partial charge is 0.319 e. The van der Waals surface area contributed by atoms with E-state index in [9.17, 15) is 9.59 Å². The molecule has 0 saturated carbocycles. The van der Waals surface area contributed by atoms with E-state index < -0.39 is 0 Å². The number of carbonyl (C=O) groups excluding carboxylic acids is 2. The van der Waals surface area contributed by atoms with E-state index in [2.05, 4.69) is 27.0 Å². The molecule has 0 radical (unpaired) electrons. The maximum atomic E-state index is 11.6. The summed E-state index contributed by atoms with van der Waals surface area (Å²) in [6.07, 6.45) is 1.63. The van der Waals surface area contributed by atoms with Crippen LogP contribution in [0, 0.1) is 0 Å². The number of piperazine rings is 1. The lowest BCUT2D eigenvalue weighted by atomic mass is 10.2. The number of hydrogen-bond acceptors (Lipinski definition) is 5. The van der Waals surface area contributed by atoms with E-state index >= 15 is 0 Å². The van der Waals surface area contributed by atoms with E-state index in [-0.39, 0.29) is 12.0 Å². The number of urea groups is 1. The number of methoxy groups -OCH3 is 1. The molecule has 0 aromatic heterocycles. The number of amides is 2. The Morgan fingerprint density at radius 2 is 1.88 bits per heavy atom. The minimum absolute atomic E-state index is 0.200. The summed E-state index contributed by atoms with van der Waals surface area (Å²) >= 11 is 0. The molecular formula is C17H24N4O3. The van der Waals surface area contributed by atoms with Gasteiger partial charge in [-0.1, -0.05) is 6.08 Å². The Balaban J connectivity index is 1.82. The van der Waals surface area contributed by atoms with Gasteiger partial charge < -0.3 is 20.3 Å². The molecule has 1 aromatic carbocycles. The zero-order chi connectivity index (χ0) is 17.4. The molecule has 0 bridgehead atoms. The lowest BCUT2D eigenvalue weighted by Crippen LogP contribution is -2.48. The van der Waals surface area contributed by atoms with Crippen LogP contribution in [0.4, 0.5) is 16.2 Å². The predicted octanol–water partition coefficient (Wildman–Crippen LogP) is 1.29. The van der Waals surface area contributed by atoms with Crippen LogP contribution >= 0.6 is 0 Å². The lowest BCUT2D eigenvalue weighted by Gasteiger charge is -2.35. The molecule has 7 heteroatoms. The Morgan fingerprint density at radius 3 is 2.46 bits per heavy atom. The van der Waals surface area contributed by atoms with Gasteiger partial charge in [0.2, 0.25) is 0 Å². The standard InChI is InChI=1S/C17H24N4O3/c1-3-8-18-17(23)19-14-4-6-15(7-5-14)21-11-9-20(10-12-21)13-16(22)24-2/h3-7H,1,8-13H2,2H3,(H2,18,19,23). The molecule has 1 aromatic rings. The molecule has 0 aliphatic carbocycles. The highest BCUT2D eigenvalue weighted by atomic mass is 16.5. The second-order valence-corrected chi connectivity index (χ2v) is 5.51. The maximum Gasteiger partial charge on any atom is 0.319 e. The number of rotatable bonds is 6. The molecular weight excluding hydrogens is 308 g/mol. The Kier molecular flexibility index (Phi) is 6.62. The maximum absolute atomic E-state index is 11.6. The molecule has 1 fully saturated rings. The van der Waals surface area contributed by atoms with Gasteiger partial charge in [0.25, 0.3) is 0 Å². The number of nitrogens with zero attached hydrogens (tertiary/aromatic N) is 2. The predicted molar refractivity (Wildman–Crippen MR) is 94.3 cm³/mol. The average Bonchev–Trinajstić information content (AvgIpc) is 2.61. The van der Waals surface area contributed by atoms with Gasteiger partial charge in [-0.25, -0.2) is 4.79 Å². The van der Waals surface area contributed by atoms with Crippen LogP contribution in [-0.4, -0.2) is 63.3 Å². The number of carbonyl (C=O) groups is 2. The van der Waals surface area contributed by atoms with E-state index in [4.69, 9.17) is 4.74 Å². The molecule has 0 atom stereocenters. The van der Waals surface area contributed by atoms with Crippen LogP contribution in [0.5, 0.6) is 0 Å². The van der Waals surface area contributed by atoms with Gasteiger partial charge in [0.1, 0.15) is 0 Å². The third kappa shape index (κ3) is 5.27. The van der Waals surface area contributed by atoms with Crippen LogP contribution in [0.15, 0.2) is 36.9 Å². The van der Waals surface area contributed by atoms with Crippen LogP contribution in [0.25, 0.3) is 0 Å². The number of anilines is 2. The molecule has 1 aliphatic rings. The molecule has 2 rings (SSSR count). The molecule has 7 nitrogen and oxygen atoms in total. The first-order valence-corrected chi connectivity index (χ1v) is 7.92.